The fourth-order valence-corrected chi connectivity index (χ4v) is 1.64. The van der Waals surface area contributed by atoms with E-state index in [2.05, 4.69) is 11.3 Å². The molecular weight excluding hydrogens is 237 g/mol. The first-order valence-electron chi connectivity index (χ1n) is 4.81. The third-order valence-electron chi connectivity index (χ3n) is 1.70. The van der Waals surface area contributed by atoms with E-state index in [-0.39, 0.29) is 25.3 Å². The quantitative estimate of drug-likeness (QED) is 0.386. The SMILES string of the molecule is C=C(C)C(=O)OCCN(CCC)S(=O)(=O)F. The van der Waals surface area contributed by atoms with Gasteiger partial charge in [-0.1, -0.05) is 17.4 Å². The lowest BCUT2D eigenvalue weighted by atomic mass is 10.4. The summed E-state index contributed by atoms with van der Waals surface area (Å²) in [6.45, 7) is 6.23. The van der Waals surface area contributed by atoms with Gasteiger partial charge in [0.1, 0.15) is 6.61 Å². The number of carbonyl (C=O) groups excluding carboxylic acids is 1. The van der Waals surface area contributed by atoms with E-state index in [4.69, 9.17) is 0 Å². The smallest absolute Gasteiger partial charge is 0.374 e. The maximum Gasteiger partial charge on any atom is 0.374 e. The minimum atomic E-state index is -4.73. The highest BCUT2D eigenvalue weighted by Gasteiger charge is 2.19. The monoisotopic (exact) mass is 253 g/mol. The lowest BCUT2D eigenvalue weighted by Crippen LogP contribution is -2.32. The number of esters is 1. The molecule has 0 saturated heterocycles. The molecule has 0 spiro atoms. The van der Waals surface area contributed by atoms with Crippen molar-refractivity contribution < 1.29 is 21.8 Å². The fourth-order valence-electron chi connectivity index (χ4n) is 0.943. The summed E-state index contributed by atoms with van der Waals surface area (Å²) in [5.74, 6) is -0.618. The molecule has 0 aliphatic rings. The van der Waals surface area contributed by atoms with Gasteiger partial charge in [-0.3, -0.25) is 0 Å². The Bertz CT molecular complexity index is 353. The van der Waals surface area contributed by atoms with Crippen LogP contribution in [0.5, 0.6) is 0 Å². The standard InChI is InChI=1S/C9H16FNO4S/c1-4-5-11(16(10,13)14)6-7-15-9(12)8(2)3/h2,4-7H2,1,3H3. The Kier molecular flexibility index (Phi) is 6.20. The Morgan fingerprint density at radius 1 is 1.44 bits per heavy atom. The molecule has 0 N–H and O–H groups in total. The molecule has 7 heteroatoms. The van der Waals surface area contributed by atoms with E-state index in [9.17, 15) is 17.1 Å². The van der Waals surface area contributed by atoms with Gasteiger partial charge in [0.2, 0.25) is 0 Å². The molecule has 0 aromatic rings. The number of hydrogen-bond acceptors (Lipinski definition) is 4. The third kappa shape index (κ3) is 5.82. The van der Waals surface area contributed by atoms with Gasteiger partial charge in [0, 0.05) is 12.1 Å². The van der Waals surface area contributed by atoms with E-state index in [1.165, 1.54) is 6.92 Å². The Labute approximate surface area is 95.2 Å². The van der Waals surface area contributed by atoms with Crippen LogP contribution in [0, 0.1) is 0 Å². The van der Waals surface area contributed by atoms with Crippen molar-refractivity contribution in [1.29, 1.82) is 0 Å². The van der Waals surface area contributed by atoms with Gasteiger partial charge in [0.05, 0.1) is 6.54 Å². The Hall–Kier alpha value is -0.950. The van der Waals surface area contributed by atoms with Crippen molar-refractivity contribution >= 4 is 16.4 Å². The van der Waals surface area contributed by atoms with Crippen molar-refractivity contribution in [2.24, 2.45) is 0 Å². The Morgan fingerprint density at radius 3 is 2.38 bits per heavy atom. The Balaban J connectivity index is 4.15. The molecule has 0 unspecified atom stereocenters. The molecule has 0 aromatic heterocycles. The van der Waals surface area contributed by atoms with E-state index in [1.54, 1.807) is 6.92 Å². The first-order valence-corrected chi connectivity index (χ1v) is 6.15. The van der Waals surface area contributed by atoms with E-state index < -0.39 is 16.4 Å². The minimum Gasteiger partial charge on any atom is -0.461 e. The summed E-state index contributed by atoms with van der Waals surface area (Å²) in [7, 11) is -4.73. The van der Waals surface area contributed by atoms with E-state index in [1.807, 2.05) is 0 Å². The molecule has 0 saturated carbocycles. The number of rotatable bonds is 7. The van der Waals surface area contributed by atoms with Gasteiger partial charge in [0.15, 0.2) is 0 Å². The second-order valence-corrected chi connectivity index (χ2v) is 4.60. The number of halogens is 1. The predicted molar refractivity (Wildman–Crippen MR) is 57.7 cm³/mol. The van der Waals surface area contributed by atoms with Gasteiger partial charge in [-0.2, -0.15) is 12.7 Å². The minimum absolute atomic E-state index is 0.0590. The van der Waals surface area contributed by atoms with Crippen LogP contribution in [0.1, 0.15) is 20.3 Å². The predicted octanol–water partition coefficient (Wildman–Crippen LogP) is 1.03. The second kappa shape index (κ2) is 6.59. The molecule has 0 aliphatic carbocycles. The van der Waals surface area contributed by atoms with Gasteiger partial charge in [-0.15, -0.1) is 0 Å². The van der Waals surface area contributed by atoms with Crippen LogP contribution in [0.25, 0.3) is 0 Å². The van der Waals surface area contributed by atoms with Crippen LogP contribution in [0.4, 0.5) is 3.89 Å². The van der Waals surface area contributed by atoms with E-state index in [0.717, 1.165) is 0 Å². The topological polar surface area (TPSA) is 63.7 Å². The maximum atomic E-state index is 12.7. The van der Waals surface area contributed by atoms with Crippen LogP contribution < -0.4 is 0 Å². The zero-order chi connectivity index (χ0) is 12.8. The summed E-state index contributed by atoms with van der Waals surface area (Å²) in [6, 6.07) is 0. The Morgan fingerprint density at radius 2 is 2.00 bits per heavy atom. The first-order chi connectivity index (χ1) is 7.29. The molecule has 0 aromatic carbocycles. The van der Waals surface area contributed by atoms with Gasteiger partial charge >= 0.3 is 16.4 Å². The van der Waals surface area contributed by atoms with Crippen LogP contribution in [-0.2, 0) is 19.9 Å². The highest BCUT2D eigenvalue weighted by Crippen LogP contribution is 2.04. The van der Waals surface area contributed by atoms with Crippen molar-refractivity contribution in [2.75, 3.05) is 19.7 Å². The third-order valence-corrected chi connectivity index (χ3v) is 2.69. The molecule has 0 aliphatic heterocycles. The molecule has 0 atom stereocenters. The highest BCUT2D eigenvalue weighted by molar-refractivity contribution is 7.83. The number of hydrogen-bond donors (Lipinski definition) is 0. The van der Waals surface area contributed by atoms with Crippen LogP contribution in [0.15, 0.2) is 12.2 Å². The van der Waals surface area contributed by atoms with E-state index in [0.29, 0.717) is 10.7 Å². The summed E-state index contributed by atoms with van der Waals surface area (Å²) in [5, 5.41) is 0. The zero-order valence-corrected chi connectivity index (χ0v) is 10.2. The normalized spacial score (nSPS) is 11.5. The molecule has 0 heterocycles. The molecule has 0 rings (SSSR count). The van der Waals surface area contributed by atoms with Gasteiger partial charge in [0.25, 0.3) is 0 Å². The van der Waals surface area contributed by atoms with Gasteiger partial charge in [-0.05, 0) is 13.3 Å². The number of ether oxygens (including phenoxy) is 1. The van der Waals surface area contributed by atoms with Crippen LogP contribution >= 0.6 is 0 Å². The van der Waals surface area contributed by atoms with Crippen molar-refractivity contribution in [3.63, 3.8) is 0 Å². The molecule has 0 fully saturated rings. The first kappa shape index (κ1) is 15.0. The lowest BCUT2D eigenvalue weighted by molar-refractivity contribution is -0.139. The van der Waals surface area contributed by atoms with Crippen molar-refractivity contribution in [3.8, 4) is 0 Å². The van der Waals surface area contributed by atoms with Crippen molar-refractivity contribution in [2.45, 2.75) is 20.3 Å². The lowest BCUT2D eigenvalue weighted by Gasteiger charge is -2.15. The molecule has 94 valence electrons. The highest BCUT2D eigenvalue weighted by atomic mass is 32.3. The average molecular weight is 253 g/mol. The molecule has 0 radical (unpaired) electrons. The molecular formula is C9H16FNO4S. The molecule has 16 heavy (non-hydrogen) atoms. The van der Waals surface area contributed by atoms with Crippen LogP contribution in [0.2, 0.25) is 0 Å². The van der Waals surface area contributed by atoms with Crippen LogP contribution in [-0.4, -0.2) is 38.4 Å². The summed E-state index contributed by atoms with van der Waals surface area (Å²) in [4.78, 5) is 10.9. The molecule has 0 amide bonds. The largest absolute Gasteiger partial charge is 0.461 e. The van der Waals surface area contributed by atoms with Gasteiger partial charge in [-0.25, -0.2) is 4.79 Å². The van der Waals surface area contributed by atoms with Gasteiger partial charge < -0.3 is 4.74 Å². The molecule has 0 bridgehead atoms. The van der Waals surface area contributed by atoms with E-state index >= 15 is 0 Å². The summed E-state index contributed by atoms with van der Waals surface area (Å²) < 4.78 is 39.2. The van der Waals surface area contributed by atoms with Crippen molar-refractivity contribution in [3.05, 3.63) is 12.2 Å². The fraction of sp³-hybridized carbons (Fsp3) is 0.667. The zero-order valence-electron chi connectivity index (χ0n) is 9.40. The summed E-state index contributed by atoms with van der Waals surface area (Å²) in [6.07, 6.45) is 0.484. The average Bonchev–Trinajstić information content (AvgIpc) is 2.14. The number of carbonyl (C=O) groups is 1. The molecule has 5 nitrogen and oxygen atoms in total. The van der Waals surface area contributed by atoms with Crippen LogP contribution in [0.3, 0.4) is 0 Å². The summed E-state index contributed by atoms with van der Waals surface area (Å²) in [5.41, 5.74) is 0.213. The second-order valence-electron chi connectivity index (χ2n) is 3.26. The summed E-state index contributed by atoms with van der Waals surface area (Å²) >= 11 is 0. The number of nitrogens with zero attached hydrogens (tertiary/aromatic N) is 1. The maximum absolute atomic E-state index is 12.7. The van der Waals surface area contributed by atoms with Crippen molar-refractivity contribution in [1.82, 2.24) is 4.31 Å².